The lowest BCUT2D eigenvalue weighted by molar-refractivity contribution is -0.122. The molecule has 128 valence electrons. The maximum Gasteiger partial charge on any atom is 0.262 e. The highest BCUT2D eigenvalue weighted by atomic mass is 32.1. The van der Waals surface area contributed by atoms with Crippen LogP contribution in [-0.2, 0) is 24.2 Å². The van der Waals surface area contributed by atoms with Crippen LogP contribution in [-0.4, -0.2) is 21.5 Å². The first-order valence-corrected chi connectivity index (χ1v) is 9.83. The molecule has 0 bridgehead atoms. The van der Waals surface area contributed by atoms with Gasteiger partial charge in [0.05, 0.1) is 11.7 Å². The number of amides is 1. The Labute approximate surface area is 145 Å². The Morgan fingerprint density at radius 3 is 2.83 bits per heavy atom. The summed E-state index contributed by atoms with van der Waals surface area (Å²) in [5, 5.41) is 3.83. The molecule has 2 aromatic heterocycles. The van der Waals surface area contributed by atoms with Crippen LogP contribution in [0.1, 0.15) is 55.4 Å². The molecule has 0 aliphatic heterocycles. The van der Waals surface area contributed by atoms with Gasteiger partial charge in [-0.25, -0.2) is 4.98 Å². The van der Waals surface area contributed by atoms with Gasteiger partial charge in [-0.3, -0.25) is 14.2 Å². The Hall–Kier alpha value is -1.69. The van der Waals surface area contributed by atoms with Gasteiger partial charge < -0.3 is 5.32 Å². The molecule has 2 aromatic rings. The molecule has 24 heavy (non-hydrogen) atoms. The largest absolute Gasteiger partial charge is 0.352 e. The van der Waals surface area contributed by atoms with Crippen LogP contribution in [0.25, 0.3) is 10.2 Å². The lowest BCUT2D eigenvalue weighted by Gasteiger charge is -2.22. The molecule has 4 rings (SSSR count). The zero-order chi connectivity index (χ0) is 16.5. The van der Waals surface area contributed by atoms with E-state index in [1.165, 1.54) is 47.0 Å². The monoisotopic (exact) mass is 345 g/mol. The highest BCUT2D eigenvalue weighted by Crippen LogP contribution is 2.33. The van der Waals surface area contributed by atoms with Crippen LogP contribution < -0.4 is 10.9 Å². The first-order valence-electron chi connectivity index (χ1n) is 9.01. The molecule has 2 aliphatic carbocycles. The SMILES string of the molecule is O=C(Cn1cnc2sc3c(c2c1=O)CCCC3)NC1CCCCC1. The Morgan fingerprint density at radius 1 is 1.21 bits per heavy atom. The second-order valence-electron chi connectivity index (χ2n) is 6.97. The Balaban J connectivity index is 1.57. The molecular weight excluding hydrogens is 322 g/mol. The van der Waals surface area contributed by atoms with Crippen molar-refractivity contribution in [1.29, 1.82) is 0 Å². The van der Waals surface area contributed by atoms with Crippen molar-refractivity contribution in [3.8, 4) is 0 Å². The van der Waals surface area contributed by atoms with Crippen molar-refractivity contribution in [3.63, 3.8) is 0 Å². The van der Waals surface area contributed by atoms with E-state index in [4.69, 9.17) is 0 Å². The average molecular weight is 345 g/mol. The minimum atomic E-state index is -0.0748. The predicted octanol–water partition coefficient (Wildman–Crippen LogP) is 2.79. The number of thiophene rings is 1. The predicted molar refractivity (Wildman–Crippen MR) is 95.5 cm³/mol. The standard InChI is InChI=1S/C18H23N3O2S/c22-15(20-12-6-2-1-3-7-12)10-21-11-19-17-16(18(21)23)13-8-4-5-9-14(13)24-17/h11-12H,1-10H2,(H,20,22). The van der Waals surface area contributed by atoms with E-state index >= 15 is 0 Å². The number of fused-ring (bicyclic) bond motifs is 3. The maximum absolute atomic E-state index is 12.8. The summed E-state index contributed by atoms with van der Waals surface area (Å²) >= 11 is 1.64. The second kappa shape index (κ2) is 6.67. The second-order valence-corrected chi connectivity index (χ2v) is 8.05. The van der Waals surface area contributed by atoms with E-state index in [0.29, 0.717) is 0 Å². The fourth-order valence-corrected chi connectivity index (χ4v) is 5.19. The lowest BCUT2D eigenvalue weighted by Crippen LogP contribution is -2.39. The molecule has 2 aliphatic rings. The van der Waals surface area contributed by atoms with Crippen LogP contribution in [0.2, 0.25) is 0 Å². The fraction of sp³-hybridized carbons (Fsp3) is 0.611. The first kappa shape index (κ1) is 15.8. The normalized spacial score (nSPS) is 18.5. The van der Waals surface area contributed by atoms with Crippen LogP contribution >= 0.6 is 11.3 Å². The molecule has 0 radical (unpaired) electrons. The van der Waals surface area contributed by atoms with Crippen molar-refractivity contribution in [2.75, 3.05) is 0 Å². The maximum atomic E-state index is 12.8. The highest BCUT2D eigenvalue weighted by molar-refractivity contribution is 7.18. The number of carbonyl (C=O) groups excluding carboxylic acids is 1. The highest BCUT2D eigenvalue weighted by Gasteiger charge is 2.21. The number of hydrogen-bond acceptors (Lipinski definition) is 4. The molecule has 0 saturated heterocycles. The van der Waals surface area contributed by atoms with Crippen molar-refractivity contribution < 1.29 is 4.79 Å². The van der Waals surface area contributed by atoms with Crippen molar-refractivity contribution in [2.45, 2.75) is 70.4 Å². The van der Waals surface area contributed by atoms with Gasteiger partial charge in [-0.15, -0.1) is 11.3 Å². The van der Waals surface area contributed by atoms with E-state index in [1.807, 2.05) is 0 Å². The number of nitrogens with one attached hydrogen (secondary N) is 1. The first-order chi connectivity index (χ1) is 11.7. The molecule has 2 heterocycles. The molecular formula is C18H23N3O2S. The number of hydrogen-bond donors (Lipinski definition) is 1. The number of rotatable bonds is 3. The Morgan fingerprint density at radius 2 is 2.00 bits per heavy atom. The van der Waals surface area contributed by atoms with Gasteiger partial charge in [0.15, 0.2) is 0 Å². The summed E-state index contributed by atoms with van der Waals surface area (Å²) in [6.07, 6.45) is 11.6. The van der Waals surface area contributed by atoms with Crippen LogP contribution in [0.3, 0.4) is 0 Å². The number of nitrogens with zero attached hydrogens (tertiary/aromatic N) is 2. The van der Waals surface area contributed by atoms with Gasteiger partial charge >= 0.3 is 0 Å². The molecule has 0 spiro atoms. The summed E-state index contributed by atoms with van der Waals surface area (Å²) in [6, 6.07) is 0.271. The smallest absolute Gasteiger partial charge is 0.262 e. The minimum Gasteiger partial charge on any atom is -0.352 e. The fourth-order valence-electron chi connectivity index (χ4n) is 3.97. The zero-order valence-electron chi connectivity index (χ0n) is 13.8. The third-order valence-corrected chi connectivity index (χ3v) is 6.43. The van der Waals surface area contributed by atoms with Gasteiger partial charge in [-0.05, 0) is 44.1 Å². The Kier molecular flexibility index (Phi) is 4.39. The van der Waals surface area contributed by atoms with Crippen LogP contribution in [0.4, 0.5) is 0 Å². The molecule has 6 heteroatoms. The van der Waals surface area contributed by atoms with E-state index in [0.717, 1.165) is 42.3 Å². The van der Waals surface area contributed by atoms with E-state index in [1.54, 1.807) is 11.3 Å². The van der Waals surface area contributed by atoms with Gasteiger partial charge in [0, 0.05) is 10.9 Å². The van der Waals surface area contributed by atoms with Gasteiger partial charge in [0.2, 0.25) is 5.91 Å². The van der Waals surface area contributed by atoms with E-state index < -0.39 is 0 Å². The van der Waals surface area contributed by atoms with E-state index in [2.05, 4.69) is 10.3 Å². The van der Waals surface area contributed by atoms with Crippen molar-refractivity contribution in [2.24, 2.45) is 0 Å². The Bertz CT molecular complexity index is 818. The molecule has 0 unspecified atom stereocenters. The van der Waals surface area contributed by atoms with Crippen LogP contribution in [0.15, 0.2) is 11.1 Å². The van der Waals surface area contributed by atoms with Crippen LogP contribution in [0, 0.1) is 0 Å². The topological polar surface area (TPSA) is 64.0 Å². The molecule has 1 N–H and O–H groups in total. The zero-order valence-corrected chi connectivity index (χ0v) is 14.7. The van der Waals surface area contributed by atoms with E-state index in [-0.39, 0.29) is 24.1 Å². The third kappa shape index (κ3) is 2.99. The molecule has 0 atom stereocenters. The van der Waals surface area contributed by atoms with Gasteiger partial charge in [-0.1, -0.05) is 19.3 Å². The number of carbonyl (C=O) groups is 1. The van der Waals surface area contributed by atoms with Gasteiger partial charge in [0.1, 0.15) is 11.4 Å². The number of aryl methyl sites for hydroxylation is 2. The summed E-state index contributed by atoms with van der Waals surface area (Å²) in [7, 11) is 0. The summed E-state index contributed by atoms with van der Waals surface area (Å²) < 4.78 is 1.47. The van der Waals surface area contributed by atoms with Gasteiger partial charge in [0.25, 0.3) is 5.56 Å². The average Bonchev–Trinajstić information content (AvgIpc) is 2.97. The molecule has 1 saturated carbocycles. The summed E-state index contributed by atoms with van der Waals surface area (Å²) in [6.45, 7) is 0.0723. The quantitative estimate of drug-likeness (QED) is 0.930. The van der Waals surface area contributed by atoms with Crippen molar-refractivity contribution in [1.82, 2.24) is 14.9 Å². The van der Waals surface area contributed by atoms with E-state index in [9.17, 15) is 9.59 Å². The summed E-state index contributed by atoms with van der Waals surface area (Å²) in [5.74, 6) is -0.0748. The van der Waals surface area contributed by atoms with Crippen molar-refractivity contribution in [3.05, 3.63) is 27.1 Å². The molecule has 0 aromatic carbocycles. The molecule has 1 fully saturated rings. The lowest BCUT2D eigenvalue weighted by atomic mass is 9.95. The summed E-state index contributed by atoms with van der Waals surface area (Å²) in [4.78, 5) is 31.7. The molecule has 5 nitrogen and oxygen atoms in total. The molecule has 1 amide bonds. The number of aromatic nitrogens is 2. The summed E-state index contributed by atoms with van der Waals surface area (Å²) in [5.41, 5.74) is 1.12. The van der Waals surface area contributed by atoms with Gasteiger partial charge in [-0.2, -0.15) is 0 Å². The van der Waals surface area contributed by atoms with Crippen molar-refractivity contribution >= 4 is 27.5 Å². The van der Waals surface area contributed by atoms with Crippen LogP contribution in [0.5, 0.6) is 0 Å². The third-order valence-electron chi connectivity index (χ3n) is 5.23. The minimum absolute atomic E-state index is 0.0572.